The summed E-state index contributed by atoms with van der Waals surface area (Å²) < 4.78 is 0. The van der Waals surface area contributed by atoms with Crippen LogP contribution in [0.25, 0.3) is 0 Å². The van der Waals surface area contributed by atoms with Gasteiger partial charge < -0.3 is 10.2 Å². The van der Waals surface area contributed by atoms with Crippen LogP contribution < -0.4 is 5.32 Å². The summed E-state index contributed by atoms with van der Waals surface area (Å²) in [5.41, 5.74) is 0.950. The van der Waals surface area contributed by atoms with Crippen LogP contribution in [-0.4, -0.2) is 36.3 Å². The maximum Gasteiger partial charge on any atom is 0.245 e. The van der Waals surface area contributed by atoms with Crippen molar-refractivity contribution in [2.45, 2.75) is 40.2 Å². The van der Waals surface area contributed by atoms with E-state index in [0.717, 1.165) is 5.56 Å². The highest BCUT2D eigenvalue weighted by molar-refractivity contribution is 5.88. The average Bonchev–Trinajstić information content (AvgIpc) is 2.44. The first-order chi connectivity index (χ1) is 10.3. The minimum absolute atomic E-state index is 0.0230. The fraction of sp³-hybridized carbons (Fsp3) is 0.556. The Balaban J connectivity index is 2.67. The summed E-state index contributed by atoms with van der Waals surface area (Å²) in [4.78, 5) is 26.4. The quantitative estimate of drug-likeness (QED) is 0.841. The molecule has 4 heteroatoms. The Morgan fingerprint density at radius 2 is 1.68 bits per heavy atom. The Morgan fingerprint density at radius 3 is 2.18 bits per heavy atom. The standard InChI is InChI=1S/C18H28N2O2/c1-13(2)12-20(5)18(22)17(14(3)4)19-16(21)11-15-9-7-6-8-10-15/h6-10,13-14,17H,11-12H2,1-5H3,(H,19,21). The first-order valence-electron chi connectivity index (χ1n) is 7.89. The molecule has 4 nitrogen and oxygen atoms in total. The normalized spacial score (nSPS) is 12.3. The van der Waals surface area contributed by atoms with E-state index in [1.807, 2.05) is 44.2 Å². The lowest BCUT2D eigenvalue weighted by molar-refractivity contribution is -0.136. The summed E-state index contributed by atoms with van der Waals surface area (Å²) in [7, 11) is 1.79. The molecule has 0 bridgehead atoms. The number of amides is 2. The predicted molar refractivity (Wildman–Crippen MR) is 89.4 cm³/mol. The maximum absolute atomic E-state index is 12.5. The number of hydrogen-bond donors (Lipinski definition) is 1. The molecule has 1 unspecified atom stereocenters. The zero-order chi connectivity index (χ0) is 16.7. The van der Waals surface area contributed by atoms with Crippen LogP contribution in [0.1, 0.15) is 33.3 Å². The molecule has 0 aliphatic carbocycles. The number of rotatable bonds is 7. The Morgan fingerprint density at radius 1 is 1.09 bits per heavy atom. The second kappa shape index (κ2) is 8.57. The van der Waals surface area contributed by atoms with Crippen LogP contribution >= 0.6 is 0 Å². The molecule has 0 radical (unpaired) electrons. The van der Waals surface area contributed by atoms with Gasteiger partial charge in [0.2, 0.25) is 11.8 Å². The molecular formula is C18H28N2O2. The second-order valence-corrected chi connectivity index (χ2v) is 6.56. The molecule has 0 aliphatic heterocycles. The van der Waals surface area contributed by atoms with E-state index >= 15 is 0 Å². The molecule has 1 aromatic rings. The van der Waals surface area contributed by atoms with Crippen LogP contribution in [0.5, 0.6) is 0 Å². The van der Waals surface area contributed by atoms with Crippen LogP contribution in [0.15, 0.2) is 30.3 Å². The van der Waals surface area contributed by atoms with E-state index in [1.54, 1.807) is 11.9 Å². The van der Waals surface area contributed by atoms with Gasteiger partial charge in [0, 0.05) is 13.6 Å². The number of nitrogens with one attached hydrogen (secondary N) is 1. The first kappa shape index (κ1) is 18.2. The van der Waals surface area contributed by atoms with Gasteiger partial charge in [-0.05, 0) is 17.4 Å². The summed E-state index contributed by atoms with van der Waals surface area (Å²) in [6.45, 7) is 8.74. The number of hydrogen-bond acceptors (Lipinski definition) is 2. The molecule has 22 heavy (non-hydrogen) atoms. The molecule has 1 atom stereocenters. The van der Waals surface area contributed by atoms with Crippen molar-refractivity contribution >= 4 is 11.8 Å². The molecule has 122 valence electrons. The van der Waals surface area contributed by atoms with E-state index in [-0.39, 0.29) is 17.7 Å². The molecule has 1 N–H and O–H groups in total. The van der Waals surface area contributed by atoms with Crippen molar-refractivity contribution in [3.05, 3.63) is 35.9 Å². The first-order valence-corrected chi connectivity index (χ1v) is 7.89. The van der Waals surface area contributed by atoms with Crippen molar-refractivity contribution in [2.24, 2.45) is 11.8 Å². The molecule has 0 fully saturated rings. The molecular weight excluding hydrogens is 276 g/mol. The van der Waals surface area contributed by atoms with E-state index in [9.17, 15) is 9.59 Å². The van der Waals surface area contributed by atoms with Gasteiger partial charge in [-0.2, -0.15) is 0 Å². The van der Waals surface area contributed by atoms with Gasteiger partial charge >= 0.3 is 0 Å². The molecule has 0 spiro atoms. The number of likely N-dealkylation sites (N-methyl/N-ethyl adjacent to an activating group) is 1. The predicted octanol–water partition coefficient (Wildman–Crippen LogP) is 2.48. The third kappa shape index (κ3) is 5.88. The zero-order valence-corrected chi connectivity index (χ0v) is 14.3. The number of carbonyl (C=O) groups is 2. The van der Waals surface area contributed by atoms with Gasteiger partial charge in [-0.1, -0.05) is 58.0 Å². The van der Waals surface area contributed by atoms with Crippen molar-refractivity contribution < 1.29 is 9.59 Å². The molecule has 0 heterocycles. The summed E-state index contributed by atoms with van der Waals surface area (Å²) in [6, 6.07) is 9.09. The summed E-state index contributed by atoms with van der Waals surface area (Å²) in [6.07, 6.45) is 0.297. The fourth-order valence-electron chi connectivity index (χ4n) is 2.39. The van der Waals surface area contributed by atoms with Crippen LogP contribution in [0.2, 0.25) is 0 Å². The van der Waals surface area contributed by atoms with Crippen LogP contribution in [0.4, 0.5) is 0 Å². The van der Waals surface area contributed by atoms with E-state index in [1.165, 1.54) is 0 Å². The van der Waals surface area contributed by atoms with Crippen molar-refractivity contribution in [1.82, 2.24) is 10.2 Å². The Kier molecular flexibility index (Phi) is 7.09. The average molecular weight is 304 g/mol. The fourth-order valence-corrected chi connectivity index (χ4v) is 2.39. The number of carbonyl (C=O) groups excluding carboxylic acids is 2. The van der Waals surface area contributed by atoms with Gasteiger partial charge in [0.25, 0.3) is 0 Å². The van der Waals surface area contributed by atoms with E-state index < -0.39 is 6.04 Å². The molecule has 0 saturated carbocycles. The third-order valence-electron chi connectivity index (χ3n) is 3.47. The minimum atomic E-state index is -0.472. The summed E-state index contributed by atoms with van der Waals surface area (Å²) in [5.74, 6) is 0.324. The smallest absolute Gasteiger partial charge is 0.245 e. The zero-order valence-electron chi connectivity index (χ0n) is 14.3. The van der Waals surface area contributed by atoms with Crippen molar-refractivity contribution in [2.75, 3.05) is 13.6 Å². The van der Waals surface area contributed by atoms with E-state index in [4.69, 9.17) is 0 Å². The highest BCUT2D eigenvalue weighted by atomic mass is 16.2. The van der Waals surface area contributed by atoms with Gasteiger partial charge in [0.1, 0.15) is 6.04 Å². The van der Waals surface area contributed by atoms with Gasteiger partial charge in [-0.25, -0.2) is 0 Å². The van der Waals surface area contributed by atoms with Crippen LogP contribution in [0.3, 0.4) is 0 Å². The van der Waals surface area contributed by atoms with Crippen molar-refractivity contribution in [1.29, 1.82) is 0 Å². The minimum Gasteiger partial charge on any atom is -0.344 e. The van der Waals surface area contributed by atoms with E-state index in [2.05, 4.69) is 19.2 Å². The molecule has 0 saturated heterocycles. The van der Waals surface area contributed by atoms with Crippen LogP contribution in [0, 0.1) is 11.8 Å². The van der Waals surface area contributed by atoms with Crippen LogP contribution in [-0.2, 0) is 16.0 Å². The maximum atomic E-state index is 12.5. The monoisotopic (exact) mass is 304 g/mol. The highest BCUT2D eigenvalue weighted by Crippen LogP contribution is 2.08. The van der Waals surface area contributed by atoms with E-state index in [0.29, 0.717) is 18.9 Å². The number of benzene rings is 1. The second-order valence-electron chi connectivity index (χ2n) is 6.56. The lowest BCUT2D eigenvalue weighted by Crippen LogP contribution is -2.51. The molecule has 1 aromatic carbocycles. The largest absolute Gasteiger partial charge is 0.344 e. The van der Waals surface area contributed by atoms with Crippen molar-refractivity contribution in [3.63, 3.8) is 0 Å². The number of nitrogens with zero attached hydrogens (tertiary/aromatic N) is 1. The van der Waals surface area contributed by atoms with Gasteiger partial charge in [-0.3, -0.25) is 9.59 Å². The van der Waals surface area contributed by atoms with Gasteiger partial charge in [0.15, 0.2) is 0 Å². The molecule has 1 rings (SSSR count). The lowest BCUT2D eigenvalue weighted by Gasteiger charge is -2.28. The third-order valence-corrected chi connectivity index (χ3v) is 3.47. The van der Waals surface area contributed by atoms with Gasteiger partial charge in [-0.15, -0.1) is 0 Å². The highest BCUT2D eigenvalue weighted by Gasteiger charge is 2.27. The Bertz CT molecular complexity index is 483. The summed E-state index contributed by atoms with van der Waals surface area (Å²) in [5, 5.41) is 2.89. The topological polar surface area (TPSA) is 49.4 Å². The molecule has 2 amide bonds. The molecule has 0 aromatic heterocycles. The SMILES string of the molecule is CC(C)CN(C)C(=O)C(NC(=O)Cc1ccccc1)C(C)C. The van der Waals surface area contributed by atoms with Crippen molar-refractivity contribution in [3.8, 4) is 0 Å². The molecule has 0 aliphatic rings. The lowest BCUT2D eigenvalue weighted by atomic mass is 10.0. The Labute approximate surface area is 133 Å². The Hall–Kier alpha value is -1.84. The summed E-state index contributed by atoms with van der Waals surface area (Å²) >= 11 is 0. The van der Waals surface area contributed by atoms with Gasteiger partial charge in [0.05, 0.1) is 6.42 Å².